The zero-order valence-corrected chi connectivity index (χ0v) is 18.4. The van der Waals surface area contributed by atoms with Crippen LogP contribution in [0.4, 0.5) is 19.0 Å². The Balaban J connectivity index is 1.21. The molecular weight excluding hydrogens is 449 g/mol. The molecule has 5 rings (SSSR count). The topological polar surface area (TPSA) is 80.6 Å². The van der Waals surface area contributed by atoms with E-state index >= 15 is 0 Å². The molecule has 1 aliphatic rings. The standard InChI is InChI=1S/C23H21F3N6S/c24-23(25,26)10-18-9-19-21(28-13-29-22(19)33-18)31-16-3-5-32(6-4-16)12-14-1-2-15-8-17(11-27)30-20(15)7-14/h1-2,7-9,13,16,30H,3-6,10,12H2,(H,28,29,31). The van der Waals surface area contributed by atoms with Crippen molar-refractivity contribution in [2.45, 2.75) is 38.0 Å². The Morgan fingerprint density at radius 2 is 2.00 bits per heavy atom. The largest absolute Gasteiger partial charge is 0.393 e. The van der Waals surface area contributed by atoms with E-state index in [0.29, 0.717) is 21.7 Å². The third kappa shape index (κ3) is 4.94. The second-order valence-electron chi connectivity index (χ2n) is 8.36. The number of aromatic amines is 1. The summed E-state index contributed by atoms with van der Waals surface area (Å²) in [6, 6.07) is 12.0. The summed E-state index contributed by atoms with van der Waals surface area (Å²) in [6.45, 7) is 2.63. The first-order valence-corrected chi connectivity index (χ1v) is 11.5. The number of nitriles is 1. The quantitative estimate of drug-likeness (QED) is 0.418. The van der Waals surface area contributed by atoms with E-state index in [0.717, 1.165) is 54.7 Å². The van der Waals surface area contributed by atoms with Crippen LogP contribution in [0.1, 0.15) is 29.0 Å². The molecule has 0 spiro atoms. The highest BCUT2D eigenvalue weighted by molar-refractivity contribution is 7.18. The first-order valence-electron chi connectivity index (χ1n) is 10.7. The number of hydrogen-bond acceptors (Lipinski definition) is 6. The minimum atomic E-state index is -4.24. The van der Waals surface area contributed by atoms with E-state index in [1.165, 1.54) is 11.9 Å². The molecule has 4 heterocycles. The maximum Gasteiger partial charge on any atom is 0.393 e. The Kier molecular flexibility index (Phi) is 5.68. The van der Waals surface area contributed by atoms with Gasteiger partial charge in [-0.25, -0.2) is 9.97 Å². The lowest BCUT2D eigenvalue weighted by Gasteiger charge is -2.32. The fourth-order valence-corrected chi connectivity index (χ4v) is 5.35. The molecular formula is C23H21F3N6S. The number of halogens is 3. The van der Waals surface area contributed by atoms with Crippen molar-refractivity contribution in [1.82, 2.24) is 19.9 Å². The molecule has 4 aromatic rings. The van der Waals surface area contributed by atoms with Gasteiger partial charge in [-0.3, -0.25) is 4.90 Å². The monoisotopic (exact) mass is 470 g/mol. The SMILES string of the molecule is N#Cc1cc2ccc(CN3CCC(Nc4ncnc5sc(CC(F)(F)F)cc45)CC3)cc2[nH]1. The van der Waals surface area contributed by atoms with Crippen LogP contribution in [-0.4, -0.2) is 45.2 Å². The average molecular weight is 471 g/mol. The van der Waals surface area contributed by atoms with E-state index in [1.54, 1.807) is 6.07 Å². The number of H-pyrrole nitrogens is 1. The van der Waals surface area contributed by atoms with Gasteiger partial charge >= 0.3 is 6.18 Å². The van der Waals surface area contributed by atoms with Gasteiger partial charge in [0.2, 0.25) is 0 Å². The van der Waals surface area contributed by atoms with Gasteiger partial charge in [-0.15, -0.1) is 11.3 Å². The van der Waals surface area contributed by atoms with E-state index in [4.69, 9.17) is 5.26 Å². The van der Waals surface area contributed by atoms with E-state index in [-0.39, 0.29) is 10.9 Å². The van der Waals surface area contributed by atoms with Crippen molar-refractivity contribution < 1.29 is 13.2 Å². The second-order valence-corrected chi connectivity index (χ2v) is 9.47. The minimum Gasteiger partial charge on any atom is -0.367 e. The van der Waals surface area contributed by atoms with E-state index in [1.807, 2.05) is 12.1 Å². The first-order chi connectivity index (χ1) is 15.9. The Hall–Kier alpha value is -3.16. The highest BCUT2D eigenvalue weighted by atomic mass is 32.1. The molecule has 0 unspecified atom stereocenters. The van der Waals surface area contributed by atoms with Crippen LogP contribution in [0.3, 0.4) is 0 Å². The van der Waals surface area contributed by atoms with Crippen LogP contribution in [0.5, 0.6) is 0 Å². The third-order valence-electron chi connectivity index (χ3n) is 5.90. The van der Waals surface area contributed by atoms with Crippen molar-refractivity contribution in [3.05, 3.63) is 52.8 Å². The molecule has 6 nitrogen and oxygen atoms in total. The Morgan fingerprint density at radius 1 is 1.18 bits per heavy atom. The summed E-state index contributed by atoms with van der Waals surface area (Å²) in [4.78, 5) is 14.8. The van der Waals surface area contributed by atoms with Crippen molar-refractivity contribution in [1.29, 1.82) is 5.26 Å². The minimum absolute atomic E-state index is 0.203. The van der Waals surface area contributed by atoms with E-state index < -0.39 is 12.6 Å². The number of piperidine rings is 1. The van der Waals surface area contributed by atoms with Gasteiger partial charge < -0.3 is 10.3 Å². The Labute approximate surface area is 192 Å². The van der Waals surface area contributed by atoms with Crippen LogP contribution < -0.4 is 5.32 Å². The molecule has 3 aromatic heterocycles. The Bertz CT molecular complexity index is 1330. The maximum atomic E-state index is 12.8. The zero-order chi connectivity index (χ0) is 23.0. The number of nitrogens with zero attached hydrogens (tertiary/aromatic N) is 4. The van der Waals surface area contributed by atoms with Crippen LogP contribution in [0.25, 0.3) is 21.1 Å². The third-order valence-corrected chi connectivity index (χ3v) is 6.94. The predicted octanol–water partition coefficient (Wildman–Crippen LogP) is 5.23. The average Bonchev–Trinajstić information content (AvgIpc) is 3.37. The van der Waals surface area contributed by atoms with Crippen molar-refractivity contribution in [3.63, 3.8) is 0 Å². The summed E-state index contributed by atoms with van der Waals surface area (Å²) in [5.41, 5.74) is 2.71. The highest BCUT2D eigenvalue weighted by Gasteiger charge is 2.29. The van der Waals surface area contributed by atoms with E-state index in [9.17, 15) is 13.2 Å². The van der Waals surface area contributed by atoms with Crippen LogP contribution in [0.2, 0.25) is 0 Å². The summed E-state index contributed by atoms with van der Waals surface area (Å²) < 4.78 is 38.3. The lowest BCUT2D eigenvalue weighted by molar-refractivity contribution is -0.126. The molecule has 170 valence electrons. The normalized spacial score (nSPS) is 15.8. The van der Waals surface area contributed by atoms with Crippen molar-refractivity contribution >= 4 is 38.3 Å². The molecule has 1 fully saturated rings. The molecule has 1 saturated heterocycles. The number of benzene rings is 1. The number of anilines is 1. The molecule has 0 bridgehead atoms. The number of alkyl halides is 3. The number of fused-ring (bicyclic) bond motifs is 2. The summed E-state index contributed by atoms with van der Waals surface area (Å²) in [5, 5.41) is 14.2. The van der Waals surface area contributed by atoms with Gasteiger partial charge in [0, 0.05) is 41.5 Å². The van der Waals surface area contributed by atoms with Crippen LogP contribution in [0, 0.1) is 11.3 Å². The van der Waals surface area contributed by atoms with Gasteiger partial charge in [0.05, 0.1) is 11.8 Å². The second kappa shape index (κ2) is 8.65. The molecule has 2 N–H and O–H groups in total. The molecule has 1 aromatic carbocycles. The van der Waals surface area contributed by atoms with Gasteiger partial charge in [-0.05, 0) is 36.6 Å². The van der Waals surface area contributed by atoms with E-state index in [2.05, 4.69) is 43.4 Å². The van der Waals surface area contributed by atoms with Crippen LogP contribution in [-0.2, 0) is 13.0 Å². The summed E-state index contributed by atoms with van der Waals surface area (Å²) >= 11 is 1.07. The number of nitrogens with one attached hydrogen (secondary N) is 2. The zero-order valence-electron chi connectivity index (χ0n) is 17.6. The van der Waals surface area contributed by atoms with Crippen molar-refractivity contribution in [3.8, 4) is 6.07 Å². The summed E-state index contributed by atoms with van der Waals surface area (Å²) in [6.07, 6.45) is -1.96. The lowest BCUT2D eigenvalue weighted by Crippen LogP contribution is -2.38. The van der Waals surface area contributed by atoms with Crippen LogP contribution in [0.15, 0.2) is 36.7 Å². The van der Waals surface area contributed by atoms with Gasteiger partial charge in [-0.2, -0.15) is 18.4 Å². The lowest BCUT2D eigenvalue weighted by atomic mass is 10.0. The number of likely N-dealkylation sites (tertiary alicyclic amines) is 1. The summed E-state index contributed by atoms with van der Waals surface area (Å²) in [7, 11) is 0. The van der Waals surface area contributed by atoms with Gasteiger partial charge in [-0.1, -0.05) is 12.1 Å². The molecule has 0 amide bonds. The van der Waals surface area contributed by atoms with Gasteiger partial charge in [0.15, 0.2) is 0 Å². The molecule has 33 heavy (non-hydrogen) atoms. The maximum absolute atomic E-state index is 12.8. The molecule has 0 aliphatic carbocycles. The highest BCUT2D eigenvalue weighted by Crippen LogP contribution is 2.33. The number of hydrogen-bond donors (Lipinski definition) is 2. The van der Waals surface area contributed by atoms with Crippen molar-refractivity contribution in [2.75, 3.05) is 18.4 Å². The predicted molar refractivity (Wildman–Crippen MR) is 122 cm³/mol. The molecule has 0 radical (unpaired) electrons. The summed E-state index contributed by atoms with van der Waals surface area (Å²) in [5.74, 6) is 0.605. The van der Waals surface area contributed by atoms with Gasteiger partial charge in [0.1, 0.15) is 28.7 Å². The first kappa shape index (κ1) is 21.7. The molecule has 0 saturated carbocycles. The Morgan fingerprint density at radius 3 is 2.76 bits per heavy atom. The number of rotatable bonds is 5. The number of aromatic nitrogens is 3. The molecule has 10 heteroatoms. The molecule has 1 aliphatic heterocycles. The number of thiophene rings is 1. The smallest absolute Gasteiger partial charge is 0.367 e. The fourth-order valence-electron chi connectivity index (χ4n) is 4.32. The van der Waals surface area contributed by atoms with Crippen molar-refractivity contribution in [2.24, 2.45) is 0 Å². The fraction of sp³-hybridized carbons (Fsp3) is 0.348. The molecule has 0 atom stereocenters. The van der Waals surface area contributed by atoms with Gasteiger partial charge in [0.25, 0.3) is 0 Å². The van der Waals surface area contributed by atoms with Crippen LogP contribution >= 0.6 is 11.3 Å².